The second-order valence-corrected chi connectivity index (χ2v) is 5.97. The van der Waals surface area contributed by atoms with Gasteiger partial charge in [0.05, 0.1) is 5.69 Å². The van der Waals surface area contributed by atoms with Crippen LogP contribution in [-0.2, 0) is 0 Å². The van der Waals surface area contributed by atoms with E-state index in [0.29, 0.717) is 30.9 Å². The van der Waals surface area contributed by atoms with Crippen molar-refractivity contribution in [3.63, 3.8) is 0 Å². The summed E-state index contributed by atoms with van der Waals surface area (Å²) in [5.41, 5.74) is 7.36. The van der Waals surface area contributed by atoms with Crippen molar-refractivity contribution in [3.8, 4) is 0 Å². The standard InChI is InChI=1S/C13H9Br2ClN2O/c14-10-5-8(16)6-11(15)12(10)18-13(19)7-1-3-9(17)4-2-7/h1-6H,17H2,(H,18,19). The van der Waals surface area contributed by atoms with Crippen molar-refractivity contribution in [2.24, 2.45) is 0 Å². The van der Waals surface area contributed by atoms with E-state index in [0.717, 1.165) is 0 Å². The van der Waals surface area contributed by atoms with Gasteiger partial charge in [0, 0.05) is 25.2 Å². The minimum Gasteiger partial charge on any atom is -0.399 e. The van der Waals surface area contributed by atoms with Gasteiger partial charge in [0.15, 0.2) is 0 Å². The molecule has 0 saturated carbocycles. The Morgan fingerprint density at radius 1 is 1.11 bits per heavy atom. The van der Waals surface area contributed by atoms with E-state index in [9.17, 15) is 4.79 Å². The maximum Gasteiger partial charge on any atom is 0.255 e. The normalized spacial score (nSPS) is 10.3. The molecule has 0 fully saturated rings. The lowest BCUT2D eigenvalue weighted by molar-refractivity contribution is 0.102. The van der Waals surface area contributed by atoms with Gasteiger partial charge in [-0.05, 0) is 68.3 Å². The average Bonchev–Trinajstić information content (AvgIpc) is 2.34. The minimum atomic E-state index is -0.219. The third-order valence-corrected chi connectivity index (χ3v) is 3.89. The van der Waals surface area contributed by atoms with Gasteiger partial charge in [-0.25, -0.2) is 0 Å². The highest BCUT2D eigenvalue weighted by atomic mass is 79.9. The van der Waals surface area contributed by atoms with Gasteiger partial charge in [0.1, 0.15) is 0 Å². The number of carbonyl (C=O) groups excluding carboxylic acids is 1. The molecule has 0 heterocycles. The van der Waals surface area contributed by atoms with Crippen LogP contribution in [0.3, 0.4) is 0 Å². The Labute approximate surface area is 132 Å². The molecule has 3 N–H and O–H groups in total. The number of carbonyl (C=O) groups is 1. The molecule has 3 nitrogen and oxygen atoms in total. The third kappa shape index (κ3) is 3.49. The van der Waals surface area contributed by atoms with E-state index in [-0.39, 0.29) is 5.91 Å². The molecule has 0 bridgehead atoms. The van der Waals surface area contributed by atoms with Gasteiger partial charge in [0.2, 0.25) is 0 Å². The number of halogens is 3. The molecule has 2 rings (SSSR count). The molecule has 98 valence electrons. The number of benzene rings is 2. The topological polar surface area (TPSA) is 55.1 Å². The Bertz CT molecular complexity index is 606. The summed E-state index contributed by atoms with van der Waals surface area (Å²) >= 11 is 12.6. The molecular weight excluding hydrogens is 395 g/mol. The molecule has 0 atom stereocenters. The smallest absolute Gasteiger partial charge is 0.255 e. The van der Waals surface area contributed by atoms with Crippen LogP contribution in [0.15, 0.2) is 45.3 Å². The van der Waals surface area contributed by atoms with Crippen LogP contribution < -0.4 is 11.1 Å². The van der Waals surface area contributed by atoms with E-state index in [1.54, 1.807) is 36.4 Å². The summed E-state index contributed by atoms with van der Waals surface area (Å²) in [5, 5.41) is 3.38. The van der Waals surface area contributed by atoms with Gasteiger partial charge in [-0.15, -0.1) is 0 Å². The molecule has 0 spiro atoms. The summed E-state index contributed by atoms with van der Waals surface area (Å²) < 4.78 is 1.41. The van der Waals surface area contributed by atoms with Gasteiger partial charge >= 0.3 is 0 Å². The third-order valence-electron chi connectivity index (χ3n) is 2.42. The number of amides is 1. The first-order chi connectivity index (χ1) is 8.97. The monoisotopic (exact) mass is 402 g/mol. The highest BCUT2D eigenvalue weighted by Gasteiger charge is 2.12. The summed E-state index contributed by atoms with van der Waals surface area (Å²) in [6, 6.07) is 10.1. The number of nitrogen functional groups attached to an aromatic ring is 1. The predicted octanol–water partition coefficient (Wildman–Crippen LogP) is 4.70. The molecule has 2 aromatic rings. The summed E-state index contributed by atoms with van der Waals surface area (Å²) in [6.07, 6.45) is 0. The van der Waals surface area contributed by atoms with Crippen LogP contribution in [0.25, 0.3) is 0 Å². The van der Waals surface area contributed by atoms with E-state index in [1.165, 1.54) is 0 Å². The fraction of sp³-hybridized carbons (Fsp3) is 0. The molecule has 0 saturated heterocycles. The first kappa shape index (κ1) is 14.4. The SMILES string of the molecule is Nc1ccc(C(=O)Nc2c(Br)cc(Cl)cc2Br)cc1. The lowest BCUT2D eigenvalue weighted by Gasteiger charge is -2.10. The summed E-state index contributed by atoms with van der Waals surface area (Å²) in [7, 11) is 0. The number of rotatable bonds is 2. The van der Waals surface area contributed by atoms with Gasteiger partial charge < -0.3 is 11.1 Å². The predicted molar refractivity (Wildman–Crippen MR) is 85.7 cm³/mol. The number of anilines is 2. The average molecular weight is 404 g/mol. The molecule has 0 unspecified atom stereocenters. The molecule has 0 aliphatic heterocycles. The van der Waals surface area contributed by atoms with Gasteiger partial charge in [-0.3, -0.25) is 4.79 Å². The second-order valence-electron chi connectivity index (χ2n) is 3.82. The molecule has 19 heavy (non-hydrogen) atoms. The van der Waals surface area contributed by atoms with Gasteiger partial charge in [-0.2, -0.15) is 0 Å². The van der Waals surface area contributed by atoms with E-state index in [1.807, 2.05) is 0 Å². The van der Waals surface area contributed by atoms with Crippen molar-refractivity contribution in [2.75, 3.05) is 11.1 Å². The number of hydrogen-bond acceptors (Lipinski definition) is 2. The molecule has 0 aromatic heterocycles. The van der Waals surface area contributed by atoms with Crippen molar-refractivity contribution in [2.45, 2.75) is 0 Å². The molecular formula is C13H9Br2ClN2O. The Kier molecular flexibility index (Phi) is 4.50. The molecule has 2 aromatic carbocycles. The first-order valence-corrected chi connectivity index (χ1v) is 7.25. The zero-order chi connectivity index (χ0) is 14.0. The fourth-order valence-corrected chi connectivity index (χ4v) is 3.35. The molecule has 0 aliphatic carbocycles. The summed E-state index contributed by atoms with van der Waals surface area (Å²) in [6.45, 7) is 0. The van der Waals surface area contributed by atoms with Crippen molar-refractivity contribution < 1.29 is 4.79 Å². The first-order valence-electron chi connectivity index (χ1n) is 5.29. The van der Waals surface area contributed by atoms with Crippen LogP contribution in [-0.4, -0.2) is 5.91 Å². The van der Waals surface area contributed by atoms with Crippen LogP contribution in [0.5, 0.6) is 0 Å². The van der Waals surface area contributed by atoms with Crippen LogP contribution in [0.4, 0.5) is 11.4 Å². The van der Waals surface area contributed by atoms with Crippen LogP contribution >= 0.6 is 43.5 Å². The maximum absolute atomic E-state index is 12.1. The van der Waals surface area contributed by atoms with Crippen LogP contribution in [0.1, 0.15) is 10.4 Å². The Morgan fingerprint density at radius 2 is 1.63 bits per heavy atom. The quantitative estimate of drug-likeness (QED) is 0.713. The molecule has 1 amide bonds. The number of hydrogen-bond donors (Lipinski definition) is 2. The number of nitrogens with one attached hydrogen (secondary N) is 1. The van der Waals surface area contributed by atoms with Gasteiger partial charge in [-0.1, -0.05) is 11.6 Å². The molecule has 0 radical (unpaired) electrons. The van der Waals surface area contributed by atoms with Crippen molar-refractivity contribution in [3.05, 3.63) is 55.9 Å². The van der Waals surface area contributed by atoms with Crippen LogP contribution in [0.2, 0.25) is 5.02 Å². The van der Waals surface area contributed by atoms with Crippen molar-refractivity contribution in [1.29, 1.82) is 0 Å². The van der Waals surface area contributed by atoms with E-state index >= 15 is 0 Å². The minimum absolute atomic E-state index is 0.219. The van der Waals surface area contributed by atoms with Crippen molar-refractivity contribution >= 4 is 60.7 Å². The largest absolute Gasteiger partial charge is 0.399 e. The molecule has 0 aliphatic rings. The Hall–Kier alpha value is -1.04. The van der Waals surface area contributed by atoms with E-state index < -0.39 is 0 Å². The Morgan fingerprint density at radius 3 is 2.16 bits per heavy atom. The molecule has 6 heteroatoms. The number of nitrogens with two attached hydrogens (primary N) is 1. The highest BCUT2D eigenvalue weighted by molar-refractivity contribution is 9.11. The lowest BCUT2D eigenvalue weighted by atomic mass is 10.2. The zero-order valence-corrected chi connectivity index (χ0v) is 13.5. The summed E-state index contributed by atoms with van der Waals surface area (Å²) in [4.78, 5) is 12.1. The van der Waals surface area contributed by atoms with Gasteiger partial charge in [0.25, 0.3) is 5.91 Å². The summed E-state index contributed by atoms with van der Waals surface area (Å²) in [5.74, 6) is -0.219. The van der Waals surface area contributed by atoms with Crippen molar-refractivity contribution in [1.82, 2.24) is 0 Å². The fourth-order valence-electron chi connectivity index (χ4n) is 1.48. The van der Waals surface area contributed by atoms with E-state index in [4.69, 9.17) is 17.3 Å². The second kappa shape index (κ2) is 5.94. The van der Waals surface area contributed by atoms with E-state index in [2.05, 4.69) is 37.2 Å². The highest BCUT2D eigenvalue weighted by Crippen LogP contribution is 2.34. The zero-order valence-electron chi connectivity index (χ0n) is 9.58. The van der Waals surface area contributed by atoms with Crippen LogP contribution in [0, 0.1) is 0 Å². The lowest BCUT2D eigenvalue weighted by Crippen LogP contribution is -2.12. The maximum atomic E-state index is 12.1. The Balaban J connectivity index is 2.26.